The predicted molar refractivity (Wildman–Crippen MR) is 71.1 cm³/mol. The van der Waals surface area contributed by atoms with E-state index in [0.29, 0.717) is 17.1 Å². The lowest BCUT2D eigenvalue weighted by Crippen LogP contribution is -1.99. The van der Waals surface area contributed by atoms with Crippen LogP contribution in [0.15, 0.2) is 28.9 Å². The van der Waals surface area contributed by atoms with E-state index in [-0.39, 0.29) is 0 Å². The molecule has 2 heterocycles. The highest BCUT2D eigenvalue weighted by Gasteiger charge is 2.07. The molecule has 0 atom stereocenters. The van der Waals surface area contributed by atoms with Crippen molar-refractivity contribution in [2.75, 3.05) is 7.11 Å². The molecule has 0 aliphatic carbocycles. The van der Waals surface area contributed by atoms with Crippen LogP contribution in [-0.4, -0.2) is 22.1 Å². The summed E-state index contributed by atoms with van der Waals surface area (Å²) >= 11 is 8.55. The van der Waals surface area contributed by atoms with Gasteiger partial charge in [0.15, 0.2) is 5.82 Å². The van der Waals surface area contributed by atoms with Crippen LogP contribution in [0.5, 0.6) is 0 Å². The summed E-state index contributed by atoms with van der Waals surface area (Å²) in [6, 6.07) is 5.53. The van der Waals surface area contributed by atoms with Gasteiger partial charge in [0, 0.05) is 23.5 Å². The minimum absolute atomic E-state index is 0.462. The van der Waals surface area contributed by atoms with Crippen molar-refractivity contribution in [1.82, 2.24) is 15.0 Å². The van der Waals surface area contributed by atoms with Gasteiger partial charge in [-0.2, -0.15) is 0 Å². The quantitative estimate of drug-likeness (QED) is 0.885. The van der Waals surface area contributed by atoms with Crippen LogP contribution in [0.2, 0.25) is 0 Å². The Labute approximate surface area is 112 Å². The molecule has 17 heavy (non-hydrogen) atoms. The third-order valence-electron chi connectivity index (χ3n) is 2.08. The standard InChI is InChI=1S/C11H10BrN3OS/c1-16-6-7-5-9(17)15-11(14-7)10-8(12)3-2-4-13-10/h2-5H,6H2,1H3,(H,14,15,17). The summed E-state index contributed by atoms with van der Waals surface area (Å²) < 4.78 is 6.45. The Balaban J connectivity index is 2.52. The maximum Gasteiger partial charge on any atom is 0.159 e. The van der Waals surface area contributed by atoms with Crippen LogP contribution in [-0.2, 0) is 11.3 Å². The number of hydrogen-bond donors (Lipinski definition) is 1. The predicted octanol–water partition coefficient (Wildman–Crippen LogP) is 3.11. The Morgan fingerprint density at radius 2 is 2.35 bits per heavy atom. The third kappa shape index (κ3) is 2.96. The zero-order valence-electron chi connectivity index (χ0n) is 9.11. The van der Waals surface area contributed by atoms with E-state index in [2.05, 4.69) is 30.9 Å². The van der Waals surface area contributed by atoms with E-state index >= 15 is 0 Å². The number of aromatic amines is 1. The van der Waals surface area contributed by atoms with Crippen LogP contribution in [0.3, 0.4) is 0 Å². The molecule has 0 unspecified atom stereocenters. The number of H-pyrrole nitrogens is 1. The summed E-state index contributed by atoms with van der Waals surface area (Å²) in [5.74, 6) is 0.636. The van der Waals surface area contributed by atoms with Crippen molar-refractivity contribution in [3.8, 4) is 11.5 Å². The average molecular weight is 312 g/mol. The highest BCUT2D eigenvalue weighted by molar-refractivity contribution is 9.10. The molecule has 88 valence electrons. The van der Waals surface area contributed by atoms with Gasteiger partial charge in [0.2, 0.25) is 0 Å². The van der Waals surface area contributed by atoms with Crippen molar-refractivity contribution >= 4 is 28.1 Å². The number of rotatable bonds is 3. The number of pyridine rings is 1. The first-order chi connectivity index (χ1) is 8.20. The molecule has 6 heteroatoms. The number of nitrogens with zero attached hydrogens (tertiary/aromatic N) is 2. The molecule has 0 saturated heterocycles. The fraction of sp³-hybridized carbons (Fsp3) is 0.182. The Morgan fingerprint density at radius 1 is 1.53 bits per heavy atom. The number of nitrogens with one attached hydrogen (secondary N) is 1. The molecular weight excluding hydrogens is 302 g/mol. The smallest absolute Gasteiger partial charge is 0.159 e. The number of methoxy groups -OCH3 is 1. The topological polar surface area (TPSA) is 50.8 Å². The maximum absolute atomic E-state index is 5.11. The Hall–Kier alpha value is -1.11. The summed E-state index contributed by atoms with van der Waals surface area (Å²) in [6.07, 6.45) is 1.71. The Morgan fingerprint density at radius 3 is 3.06 bits per heavy atom. The van der Waals surface area contributed by atoms with Crippen molar-refractivity contribution in [2.45, 2.75) is 6.61 Å². The second kappa shape index (κ2) is 5.48. The van der Waals surface area contributed by atoms with E-state index in [4.69, 9.17) is 17.0 Å². The normalized spacial score (nSPS) is 10.5. The third-order valence-corrected chi connectivity index (χ3v) is 2.93. The fourth-order valence-electron chi connectivity index (χ4n) is 1.41. The van der Waals surface area contributed by atoms with Gasteiger partial charge >= 0.3 is 0 Å². The molecule has 0 aliphatic heterocycles. The van der Waals surface area contributed by atoms with Gasteiger partial charge < -0.3 is 9.72 Å². The largest absolute Gasteiger partial charge is 0.378 e. The van der Waals surface area contributed by atoms with Gasteiger partial charge in [-0.15, -0.1) is 0 Å². The second-order valence-electron chi connectivity index (χ2n) is 3.36. The molecule has 2 aromatic heterocycles. The van der Waals surface area contributed by atoms with Gasteiger partial charge in [-0.1, -0.05) is 12.2 Å². The molecule has 0 amide bonds. The van der Waals surface area contributed by atoms with E-state index in [1.54, 1.807) is 19.4 Å². The van der Waals surface area contributed by atoms with Crippen LogP contribution in [0.4, 0.5) is 0 Å². The van der Waals surface area contributed by atoms with E-state index < -0.39 is 0 Å². The van der Waals surface area contributed by atoms with Crippen LogP contribution in [0.1, 0.15) is 5.69 Å². The lowest BCUT2D eigenvalue weighted by atomic mass is 10.3. The molecule has 0 radical (unpaired) electrons. The van der Waals surface area contributed by atoms with Crippen LogP contribution in [0.25, 0.3) is 11.5 Å². The first-order valence-corrected chi connectivity index (χ1v) is 6.11. The fourth-order valence-corrected chi connectivity index (χ4v) is 2.09. The monoisotopic (exact) mass is 311 g/mol. The van der Waals surface area contributed by atoms with Gasteiger partial charge in [-0.3, -0.25) is 4.98 Å². The van der Waals surface area contributed by atoms with Crippen molar-refractivity contribution in [3.63, 3.8) is 0 Å². The molecule has 0 spiro atoms. The van der Waals surface area contributed by atoms with Gasteiger partial charge in [0.05, 0.1) is 6.61 Å². The molecule has 2 rings (SSSR count). The minimum atomic E-state index is 0.462. The number of halogens is 1. The van der Waals surface area contributed by atoms with E-state index in [1.807, 2.05) is 12.1 Å². The zero-order valence-corrected chi connectivity index (χ0v) is 11.5. The zero-order chi connectivity index (χ0) is 12.3. The second-order valence-corrected chi connectivity index (χ2v) is 4.63. The molecule has 4 nitrogen and oxygen atoms in total. The van der Waals surface area contributed by atoms with Crippen LogP contribution in [0, 0.1) is 4.64 Å². The Bertz CT molecular complexity index is 585. The maximum atomic E-state index is 5.11. The van der Waals surface area contributed by atoms with Gasteiger partial charge in [-0.05, 0) is 34.1 Å². The summed E-state index contributed by atoms with van der Waals surface area (Å²) in [5, 5.41) is 0. The SMILES string of the molecule is COCc1cc(=S)nc(-c2ncccc2Br)[nH]1. The number of ether oxygens (including phenoxy) is 1. The van der Waals surface area contributed by atoms with Crippen molar-refractivity contribution < 1.29 is 4.74 Å². The van der Waals surface area contributed by atoms with E-state index in [1.165, 1.54) is 0 Å². The summed E-state index contributed by atoms with van der Waals surface area (Å²) in [4.78, 5) is 11.7. The first-order valence-electron chi connectivity index (χ1n) is 4.91. The molecule has 1 N–H and O–H groups in total. The highest BCUT2D eigenvalue weighted by Crippen LogP contribution is 2.22. The summed E-state index contributed by atoms with van der Waals surface area (Å²) in [6.45, 7) is 0.462. The molecule has 2 aromatic rings. The lowest BCUT2D eigenvalue weighted by Gasteiger charge is -2.05. The van der Waals surface area contributed by atoms with E-state index in [9.17, 15) is 0 Å². The average Bonchev–Trinajstić information content (AvgIpc) is 2.29. The number of aromatic nitrogens is 3. The van der Waals surface area contributed by atoms with Crippen LogP contribution >= 0.6 is 28.1 Å². The molecule has 0 saturated carbocycles. The summed E-state index contributed by atoms with van der Waals surface area (Å²) in [5.41, 5.74) is 1.61. The molecule has 0 aromatic carbocycles. The van der Waals surface area contributed by atoms with Crippen molar-refractivity contribution in [3.05, 3.63) is 39.2 Å². The van der Waals surface area contributed by atoms with Gasteiger partial charge in [0.25, 0.3) is 0 Å². The minimum Gasteiger partial charge on any atom is -0.378 e. The first kappa shape index (κ1) is 12.3. The molecule has 0 aliphatic rings. The molecule has 0 bridgehead atoms. The van der Waals surface area contributed by atoms with E-state index in [0.717, 1.165) is 15.9 Å². The lowest BCUT2D eigenvalue weighted by molar-refractivity contribution is 0.181. The molecular formula is C11H10BrN3OS. The van der Waals surface area contributed by atoms with Crippen molar-refractivity contribution in [2.24, 2.45) is 0 Å². The van der Waals surface area contributed by atoms with Gasteiger partial charge in [0.1, 0.15) is 10.3 Å². The van der Waals surface area contributed by atoms with Crippen LogP contribution < -0.4 is 0 Å². The highest BCUT2D eigenvalue weighted by atomic mass is 79.9. The Kier molecular flexibility index (Phi) is 3.98. The molecule has 0 fully saturated rings. The number of hydrogen-bond acceptors (Lipinski definition) is 4. The summed E-state index contributed by atoms with van der Waals surface area (Å²) in [7, 11) is 1.63. The van der Waals surface area contributed by atoms with Gasteiger partial charge in [-0.25, -0.2) is 4.98 Å². The van der Waals surface area contributed by atoms with Crippen molar-refractivity contribution in [1.29, 1.82) is 0 Å².